The monoisotopic (exact) mass is 247 g/mol. The lowest BCUT2D eigenvalue weighted by Gasteiger charge is -2.39. The van der Waals surface area contributed by atoms with Crippen molar-refractivity contribution in [3.05, 3.63) is 29.8 Å². The van der Waals surface area contributed by atoms with Crippen LogP contribution in [0.2, 0.25) is 0 Å². The summed E-state index contributed by atoms with van der Waals surface area (Å²) in [5.74, 6) is 2.33. The Morgan fingerprint density at radius 3 is 2.39 bits per heavy atom. The van der Waals surface area contributed by atoms with Gasteiger partial charge in [0.1, 0.15) is 5.75 Å². The molecular formula is C16H25NO. The predicted molar refractivity (Wildman–Crippen MR) is 75.7 cm³/mol. The molecule has 100 valence electrons. The van der Waals surface area contributed by atoms with Crippen LogP contribution in [0.3, 0.4) is 0 Å². The third-order valence-corrected chi connectivity index (χ3v) is 4.55. The smallest absolute Gasteiger partial charge is 0.123 e. The second-order valence-corrected chi connectivity index (χ2v) is 5.94. The molecule has 2 N–H and O–H groups in total. The Bertz CT molecular complexity index is 392. The number of nitrogens with two attached hydrogens (primary N) is 1. The largest absolute Gasteiger partial charge is 0.496 e. The molecule has 18 heavy (non-hydrogen) atoms. The minimum atomic E-state index is -0.285. The third-order valence-electron chi connectivity index (χ3n) is 4.55. The van der Waals surface area contributed by atoms with Gasteiger partial charge in [-0.3, -0.25) is 0 Å². The molecule has 1 aromatic carbocycles. The van der Waals surface area contributed by atoms with Crippen molar-refractivity contribution in [2.75, 3.05) is 7.11 Å². The van der Waals surface area contributed by atoms with E-state index in [2.05, 4.69) is 26.0 Å². The van der Waals surface area contributed by atoms with Gasteiger partial charge in [-0.1, -0.05) is 38.0 Å². The molecule has 1 fully saturated rings. The highest BCUT2D eigenvalue weighted by Crippen LogP contribution is 2.41. The molecule has 1 aromatic rings. The first-order valence-electron chi connectivity index (χ1n) is 6.98. The fraction of sp³-hybridized carbons (Fsp3) is 0.625. The molecule has 1 aliphatic carbocycles. The van der Waals surface area contributed by atoms with E-state index < -0.39 is 0 Å². The molecule has 1 atom stereocenters. The van der Waals surface area contributed by atoms with Crippen molar-refractivity contribution in [2.45, 2.75) is 45.1 Å². The van der Waals surface area contributed by atoms with Crippen LogP contribution < -0.4 is 10.5 Å². The van der Waals surface area contributed by atoms with Gasteiger partial charge in [-0.15, -0.1) is 0 Å². The lowest BCUT2D eigenvalue weighted by atomic mass is 9.70. The van der Waals surface area contributed by atoms with Crippen molar-refractivity contribution >= 4 is 0 Å². The molecule has 1 saturated carbocycles. The van der Waals surface area contributed by atoms with Crippen LogP contribution in [0.4, 0.5) is 0 Å². The van der Waals surface area contributed by atoms with Crippen LogP contribution in [0.5, 0.6) is 5.75 Å². The summed E-state index contributed by atoms with van der Waals surface area (Å²) in [6, 6.07) is 8.17. The van der Waals surface area contributed by atoms with Crippen molar-refractivity contribution in [1.82, 2.24) is 0 Å². The Labute approximate surface area is 111 Å². The maximum Gasteiger partial charge on any atom is 0.123 e. The zero-order valence-corrected chi connectivity index (χ0v) is 11.8. The van der Waals surface area contributed by atoms with Crippen LogP contribution in [0.15, 0.2) is 24.3 Å². The van der Waals surface area contributed by atoms with Gasteiger partial charge in [0.15, 0.2) is 0 Å². The lowest BCUT2D eigenvalue weighted by molar-refractivity contribution is 0.189. The van der Waals surface area contributed by atoms with Crippen LogP contribution >= 0.6 is 0 Å². The molecule has 0 radical (unpaired) electrons. The Hall–Kier alpha value is -1.02. The number of rotatable bonds is 3. The van der Waals surface area contributed by atoms with E-state index in [0.717, 1.165) is 17.2 Å². The van der Waals surface area contributed by atoms with Crippen LogP contribution in [0.25, 0.3) is 0 Å². The summed E-state index contributed by atoms with van der Waals surface area (Å²) in [4.78, 5) is 0. The molecule has 0 aliphatic heterocycles. The average Bonchev–Trinajstić information content (AvgIpc) is 2.39. The average molecular weight is 247 g/mol. The maximum atomic E-state index is 6.65. The first-order chi connectivity index (χ1) is 8.55. The molecule has 1 unspecified atom stereocenters. The number of para-hydroxylation sites is 1. The van der Waals surface area contributed by atoms with Crippen molar-refractivity contribution in [3.8, 4) is 5.75 Å². The topological polar surface area (TPSA) is 35.2 Å². The van der Waals surface area contributed by atoms with Crippen LogP contribution in [0, 0.1) is 11.8 Å². The molecule has 0 bridgehead atoms. The van der Waals surface area contributed by atoms with Crippen LogP contribution in [0.1, 0.15) is 45.1 Å². The molecule has 0 aromatic heterocycles. The summed E-state index contributed by atoms with van der Waals surface area (Å²) in [6.07, 6.45) is 5.05. The van der Waals surface area contributed by atoms with Gasteiger partial charge in [0.2, 0.25) is 0 Å². The van der Waals surface area contributed by atoms with Gasteiger partial charge in [0.25, 0.3) is 0 Å². The summed E-state index contributed by atoms with van der Waals surface area (Å²) in [5.41, 5.74) is 7.52. The van der Waals surface area contributed by atoms with Crippen molar-refractivity contribution in [1.29, 1.82) is 0 Å². The van der Waals surface area contributed by atoms with Crippen LogP contribution in [-0.2, 0) is 5.54 Å². The van der Waals surface area contributed by atoms with E-state index in [0.29, 0.717) is 5.92 Å². The second kappa shape index (κ2) is 5.31. The molecule has 0 heterocycles. The van der Waals surface area contributed by atoms with E-state index in [-0.39, 0.29) is 5.54 Å². The standard InChI is InChI=1S/C16H25NO/c1-12-8-10-13(11-9-12)16(2,17)14-6-4-5-7-15(14)18-3/h4-7,12-13H,8-11,17H2,1-3H3. The van der Waals surface area contributed by atoms with Gasteiger partial charge in [-0.2, -0.15) is 0 Å². The minimum absolute atomic E-state index is 0.285. The Morgan fingerprint density at radius 1 is 1.17 bits per heavy atom. The Morgan fingerprint density at radius 2 is 1.78 bits per heavy atom. The maximum absolute atomic E-state index is 6.65. The summed E-state index contributed by atoms with van der Waals surface area (Å²) < 4.78 is 5.46. The van der Waals surface area contributed by atoms with Gasteiger partial charge in [0, 0.05) is 11.1 Å². The van der Waals surface area contributed by atoms with Gasteiger partial charge in [0.05, 0.1) is 7.11 Å². The number of benzene rings is 1. The van der Waals surface area contributed by atoms with Gasteiger partial charge >= 0.3 is 0 Å². The normalized spacial score (nSPS) is 27.6. The molecule has 2 rings (SSSR count). The SMILES string of the molecule is COc1ccccc1C(C)(N)C1CCC(C)CC1. The van der Waals surface area contributed by atoms with Crippen molar-refractivity contribution in [2.24, 2.45) is 17.6 Å². The fourth-order valence-corrected chi connectivity index (χ4v) is 3.17. The van der Waals surface area contributed by atoms with Crippen LogP contribution in [-0.4, -0.2) is 7.11 Å². The summed E-state index contributed by atoms with van der Waals surface area (Å²) in [5, 5.41) is 0. The quantitative estimate of drug-likeness (QED) is 0.884. The molecule has 1 aliphatic rings. The van der Waals surface area contributed by atoms with Gasteiger partial charge < -0.3 is 10.5 Å². The fourth-order valence-electron chi connectivity index (χ4n) is 3.17. The van der Waals surface area contributed by atoms with E-state index in [1.807, 2.05) is 12.1 Å². The zero-order chi connectivity index (χ0) is 13.2. The lowest BCUT2D eigenvalue weighted by Crippen LogP contribution is -2.43. The molecule has 0 amide bonds. The van der Waals surface area contributed by atoms with Gasteiger partial charge in [-0.25, -0.2) is 0 Å². The highest BCUT2D eigenvalue weighted by molar-refractivity contribution is 5.39. The summed E-state index contributed by atoms with van der Waals surface area (Å²) in [7, 11) is 1.72. The number of methoxy groups -OCH3 is 1. The van der Waals surface area contributed by atoms with Crippen molar-refractivity contribution < 1.29 is 4.74 Å². The van der Waals surface area contributed by atoms with E-state index in [9.17, 15) is 0 Å². The highest BCUT2D eigenvalue weighted by atomic mass is 16.5. The molecule has 2 nitrogen and oxygen atoms in total. The molecule has 0 spiro atoms. The Balaban J connectivity index is 2.24. The van der Waals surface area contributed by atoms with Gasteiger partial charge in [-0.05, 0) is 37.7 Å². The predicted octanol–water partition coefficient (Wildman–Crippen LogP) is 3.70. The molecule has 2 heteroatoms. The van der Waals surface area contributed by atoms with E-state index in [1.54, 1.807) is 7.11 Å². The highest BCUT2D eigenvalue weighted by Gasteiger charge is 2.35. The molecule has 0 saturated heterocycles. The van der Waals surface area contributed by atoms with E-state index in [1.165, 1.54) is 25.7 Å². The van der Waals surface area contributed by atoms with Crippen molar-refractivity contribution in [3.63, 3.8) is 0 Å². The third kappa shape index (κ3) is 2.54. The first-order valence-corrected chi connectivity index (χ1v) is 6.98. The minimum Gasteiger partial charge on any atom is -0.496 e. The van der Waals surface area contributed by atoms with E-state index >= 15 is 0 Å². The van der Waals surface area contributed by atoms with E-state index in [4.69, 9.17) is 10.5 Å². The summed E-state index contributed by atoms with van der Waals surface area (Å²) >= 11 is 0. The number of hydrogen-bond acceptors (Lipinski definition) is 2. The number of ether oxygens (including phenoxy) is 1. The Kier molecular flexibility index (Phi) is 3.96. The molecular weight excluding hydrogens is 222 g/mol. The summed E-state index contributed by atoms with van der Waals surface area (Å²) in [6.45, 7) is 4.50. The number of hydrogen-bond donors (Lipinski definition) is 1. The second-order valence-electron chi connectivity index (χ2n) is 5.94. The zero-order valence-electron chi connectivity index (χ0n) is 11.8. The first kappa shape index (κ1) is 13.4.